The van der Waals surface area contributed by atoms with Crippen LogP contribution in [-0.2, 0) is 0 Å². The van der Waals surface area contributed by atoms with Gasteiger partial charge < -0.3 is 5.32 Å². The van der Waals surface area contributed by atoms with Crippen LogP contribution in [0.1, 0.15) is 43.5 Å². The number of hydrogen-bond acceptors (Lipinski definition) is 3. The summed E-state index contributed by atoms with van der Waals surface area (Å²) >= 11 is 0. The van der Waals surface area contributed by atoms with E-state index >= 15 is 0 Å². The molecule has 0 spiro atoms. The third kappa shape index (κ3) is 3.17. The van der Waals surface area contributed by atoms with Gasteiger partial charge in [0.15, 0.2) is 0 Å². The van der Waals surface area contributed by atoms with Crippen LogP contribution >= 0.6 is 0 Å². The van der Waals surface area contributed by atoms with Gasteiger partial charge >= 0.3 is 5.69 Å². The second-order valence-corrected chi connectivity index (χ2v) is 6.09. The van der Waals surface area contributed by atoms with Crippen molar-refractivity contribution in [3.8, 4) is 0 Å². The summed E-state index contributed by atoms with van der Waals surface area (Å²) in [5.74, 6) is -3.49. The number of nitrogens with one attached hydrogen (secondary N) is 1. The lowest BCUT2D eigenvalue weighted by Gasteiger charge is -2.18. The van der Waals surface area contributed by atoms with E-state index in [4.69, 9.17) is 0 Å². The first-order chi connectivity index (χ1) is 9.71. The Kier molecular flexibility index (Phi) is 3.93. The maximum Gasteiger partial charge on any atom is 0.305 e. The molecule has 2 rings (SSSR count). The highest BCUT2D eigenvalue weighted by molar-refractivity contribution is 5.95. The monoisotopic (exact) mass is 298 g/mol. The molecule has 1 aromatic carbocycles. The van der Waals surface area contributed by atoms with Crippen molar-refractivity contribution in [2.75, 3.05) is 0 Å². The minimum Gasteiger partial charge on any atom is -0.349 e. The highest BCUT2D eigenvalue weighted by atomic mass is 19.1. The van der Waals surface area contributed by atoms with E-state index < -0.39 is 33.7 Å². The average Bonchev–Trinajstić information content (AvgIpc) is 2.68. The first-order valence-corrected chi connectivity index (χ1v) is 6.64. The van der Waals surface area contributed by atoms with Crippen molar-refractivity contribution in [1.29, 1.82) is 0 Å². The van der Waals surface area contributed by atoms with Crippen LogP contribution in [0.3, 0.4) is 0 Å². The van der Waals surface area contributed by atoms with Crippen LogP contribution in [0, 0.1) is 27.2 Å². The molecule has 1 N–H and O–H groups in total. The Balaban J connectivity index is 2.24. The average molecular weight is 298 g/mol. The summed E-state index contributed by atoms with van der Waals surface area (Å²) in [6, 6.07) is 1.26. The van der Waals surface area contributed by atoms with Crippen molar-refractivity contribution in [1.82, 2.24) is 5.32 Å². The minimum absolute atomic E-state index is 0.0672. The summed E-state index contributed by atoms with van der Waals surface area (Å²) in [7, 11) is 0. The SMILES string of the molecule is CC1(C)CCC(NC(=O)c2c(F)ccc([N+](=O)[O-])c2F)C1. The van der Waals surface area contributed by atoms with E-state index in [0.717, 1.165) is 18.9 Å². The van der Waals surface area contributed by atoms with E-state index in [1.807, 2.05) is 13.8 Å². The molecule has 0 aromatic heterocycles. The van der Waals surface area contributed by atoms with Gasteiger partial charge in [0.05, 0.1) is 4.92 Å². The molecule has 1 unspecified atom stereocenters. The number of carbonyl (C=O) groups excluding carboxylic acids is 1. The first kappa shape index (κ1) is 15.3. The second kappa shape index (κ2) is 5.38. The molecule has 1 fully saturated rings. The van der Waals surface area contributed by atoms with E-state index in [-0.39, 0.29) is 11.5 Å². The molecule has 0 aliphatic heterocycles. The topological polar surface area (TPSA) is 72.2 Å². The molecule has 0 saturated heterocycles. The molecule has 1 aromatic rings. The Morgan fingerprint density at radius 2 is 2.10 bits per heavy atom. The van der Waals surface area contributed by atoms with Crippen molar-refractivity contribution < 1.29 is 18.5 Å². The normalized spacial score (nSPS) is 20.3. The molecule has 1 atom stereocenters. The molecule has 1 aliphatic carbocycles. The molecule has 5 nitrogen and oxygen atoms in total. The molecule has 1 aliphatic rings. The van der Waals surface area contributed by atoms with E-state index in [9.17, 15) is 23.7 Å². The molecule has 7 heteroatoms. The number of rotatable bonds is 3. The summed E-state index contributed by atoms with van der Waals surface area (Å²) in [6.07, 6.45) is 2.33. The number of halogens is 2. The maximum atomic E-state index is 13.9. The van der Waals surface area contributed by atoms with Crippen LogP contribution in [0.4, 0.5) is 14.5 Å². The first-order valence-electron chi connectivity index (χ1n) is 6.64. The predicted octanol–water partition coefficient (Wildman–Crippen LogP) is 3.18. The Bertz CT molecular complexity index is 602. The van der Waals surface area contributed by atoms with Crippen molar-refractivity contribution in [3.63, 3.8) is 0 Å². The van der Waals surface area contributed by atoms with Crippen LogP contribution < -0.4 is 5.32 Å². The summed E-state index contributed by atoms with van der Waals surface area (Å²) in [4.78, 5) is 21.7. The fourth-order valence-electron chi connectivity index (χ4n) is 2.71. The standard InChI is InChI=1S/C14H16F2N2O3/c1-14(2)6-5-8(7-14)17-13(19)11-9(15)3-4-10(12(11)16)18(20)21/h3-4,8H,5-7H2,1-2H3,(H,17,19). The highest BCUT2D eigenvalue weighted by Gasteiger charge is 2.33. The number of nitrogens with zero attached hydrogens (tertiary/aromatic N) is 1. The fourth-order valence-corrected chi connectivity index (χ4v) is 2.71. The minimum atomic E-state index is -1.44. The van der Waals surface area contributed by atoms with E-state index in [0.29, 0.717) is 12.5 Å². The summed E-state index contributed by atoms with van der Waals surface area (Å²) < 4.78 is 27.6. The Morgan fingerprint density at radius 1 is 1.43 bits per heavy atom. The van der Waals surface area contributed by atoms with Crippen LogP contribution in [0.5, 0.6) is 0 Å². The molecular formula is C14H16F2N2O3. The number of amides is 1. The van der Waals surface area contributed by atoms with Crippen molar-refractivity contribution in [3.05, 3.63) is 39.4 Å². The molecule has 1 saturated carbocycles. The smallest absolute Gasteiger partial charge is 0.305 e. The predicted molar refractivity (Wildman–Crippen MR) is 71.9 cm³/mol. The van der Waals surface area contributed by atoms with Crippen molar-refractivity contribution in [2.45, 2.75) is 39.2 Å². The van der Waals surface area contributed by atoms with E-state index in [1.165, 1.54) is 0 Å². The summed E-state index contributed by atoms with van der Waals surface area (Å²) in [5, 5.41) is 13.2. The quantitative estimate of drug-likeness (QED) is 0.688. The molecule has 114 valence electrons. The second-order valence-electron chi connectivity index (χ2n) is 6.09. The van der Waals surface area contributed by atoms with Gasteiger partial charge in [0, 0.05) is 12.1 Å². The number of nitro benzene ring substituents is 1. The van der Waals surface area contributed by atoms with E-state index in [2.05, 4.69) is 5.32 Å². The third-order valence-electron chi connectivity index (χ3n) is 3.80. The van der Waals surface area contributed by atoms with Gasteiger partial charge in [0.1, 0.15) is 11.4 Å². The number of hydrogen-bond donors (Lipinski definition) is 1. The van der Waals surface area contributed by atoms with Crippen LogP contribution in [0.2, 0.25) is 0 Å². The van der Waals surface area contributed by atoms with Crippen LogP contribution in [0.25, 0.3) is 0 Å². The van der Waals surface area contributed by atoms with Gasteiger partial charge in [0.2, 0.25) is 5.82 Å². The van der Waals surface area contributed by atoms with Gasteiger partial charge in [-0.1, -0.05) is 13.8 Å². The number of benzene rings is 1. The Labute approximate surface area is 120 Å². The summed E-state index contributed by atoms with van der Waals surface area (Å²) in [6.45, 7) is 4.10. The van der Waals surface area contributed by atoms with Gasteiger partial charge in [-0.25, -0.2) is 4.39 Å². The summed E-state index contributed by atoms with van der Waals surface area (Å²) in [5.41, 5.74) is -1.74. The fraction of sp³-hybridized carbons (Fsp3) is 0.500. The lowest BCUT2D eigenvalue weighted by molar-refractivity contribution is -0.387. The van der Waals surface area contributed by atoms with Gasteiger partial charge in [-0.15, -0.1) is 0 Å². The lowest BCUT2D eigenvalue weighted by Crippen LogP contribution is -2.34. The lowest BCUT2D eigenvalue weighted by atomic mass is 9.92. The third-order valence-corrected chi connectivity index (χ3v) is 3.80. The molecular weight excluding hydrogens is 282 g/mol. The van der Waals surface area contributed by atoms with Gasteiger partial charge in [-0.3, -0.25) is 14.9 Å². The zero-order valence-corrected chi connectivity index (χ0v) is 11.8. The zero-order valence-electron chi connectivity index (χ0n) is 11.8. The zero-order chi connectivity index (χ0) is 15.8. The number of nitro groups is 1. The highest BCUT2D eigenvalue weighted by Crippen LogP contribution is 2.37. The molecule has 1 amide bonds. The van der Waals surface area contributed by atoms with Crippen molar-refractivity contribution >= 4 is 11.6 Å². The van der Waals surface area contributed by atoms with Crippen LogP contribution in [0.15, 0.2) is 12.1 Å². The molecule has 0 bridgehead atoms. The van der Waals surface area contributed by atoms with Gasteiger partial charge in [-0.2, -0.15) is 4.39 Å². The largest absolute Gasteiger partial charge is 0.349 e. The van der Waals surface area contributed by atoms with Gasteiger partial charge in [-0.05, 0) is 30.7 Å². The maximum absolute atomic E-state index is 13.9. The van der Waals surface area contributed by atoms with Crippen molar-refractivity contribution in [2.24, 2.45) is 5.41 Å². The Hall–Kier alpha value is -2.05. The van der Waals surface area contributed by atoms with E-state index in [1.54, 1.807) is 0 Å². The Morgan fingerprint density at radius 3 is 2.62 bits per heavy atom. The number of carbonyl (C=O) groups is 1. The molecule has 0 heterocycles. The molecule has 21 heavy (non-hydrogen) atoms. The van der Waals surface area contributed by atoms with Crippen LogP contribution in [-0.4, -0.2) is 16.9 Å². The molecule has 0 radical (unpaired) electrons. The van der Waals surface area contributed by atoms with Gasteiger partial charge in [0.25, 0.3) is 5.91 Å².